The molecule has 3 aromatic rings. The van der Waals surface area contributed by atoms with Crippen molar-refractivity contribution in [2.24, 2.45) is 0 Å². The Hall–Kier alpha value is -4.06. The van der Waals surface area contributed by atoms with Crippen molar-refractivity contribution in [1.82, 2.24) is 5.32 Å². The van der Waals surface area contributed by atoms with Crippen LogP contribution in [0, 0.1) is 5.82 Å². The fraction of sp³-hybridized carbons (Fsp3) is 0.207. The second-order valence-electron chi connectivity index (χ2n) is 8.25. The normalized spacial score (nSPS) is 13.6. The molecule has 0 spiro atoms. The summed E-state index contributed by atoms with van der Waals surface area (Å²) >= 11 is 0. The quantitative estimate of drug-likeness (QED) is 0.444. The number of ether oxygens (including phenoxy) is 3. The number of hydrogen-bond acceptors (Lipinski definition) is 4. The maximum absolute atomic E-state index is 14.2. The third-order valence-corrected chi connectivity index (χ3v) is 6.12. The molecule has 6 heteroatoms. The Morgan fingerprint density at radius 1 is 0.914 bits per heavy atom. The number of nitrogens with one attached hydrogen (secondary N) is 1. The van der Waals surface area contributed by atoms with Crippen molar-refractivity contribution in [3.8, 4) is 17.2 Å². The number of fused-ring (bicyclic) bond motifs is 1. The molecule has 1 aliphatic carbocycles. The van der Waals surface area contributed by atoms with Crippen LogP contribution in [0.3, 0.4) is 0 Å². The van der Waals surface area contributed by atoms with Crippen molar-refractivity contribution in [2.75, 3.05) is 21.3 Å². The summed E-state index contributed by atoms with van der Waals surface area (Å²) in [5.74, 6) is 1.13. The SMILES string of the molecule is COc1cc(/C=C2/C(C)=C(CC(=O)NCc3ccccc3)c3cc(F)ccc32)cc(OC)c1OC. The van der Waals surface area contributed by atoms with Crippen molar-refractivity contribution in [2.45, 2.75) is 19.9 Å². The average Bonchev–Trinajstić information content (AvgIpc) is 3.12. The lowest BCUT2D eigenvalue weighted by Crippen LogP contribution is -2.22. The van der Waals surface area contributed by atoms with Gasteiger partial charge in [-0.05, 0) is 76.2 Å². The molecule has 0 radical (unpaired) electrons. The molecule has 4 rings (SSSR count). The van der Waals surface area contributed by atoms with Crippen LogP contribution in [-0.4, -0.2) is 27.2 Å². The van der Waals surface area contributed by atoms with Gasteiger partial charge in [0.05, 0.1) is 27.8 Å². The molecule has 0 aliphatic heterocycles. The van der Waals surface area contributed by atoms with E-state index in [0.717, 1.165) is 39.0 Å². The van der Waals surface area contributed by atoms with Crippen LogP contribution < -0.4 is 19.5 Å². The van der Waals surface area contributed by atoms with E-state index < -0.39 is 0 Å². The average molecular weight is 474 g/mol. The van der Waals surface area contributed by atoms with Gasteiger partial charge in [0.25, 0.3) is 0 Å². The molecule has 5 nitrogen and oxygen atoms in total. The van der Waals surface area contributed by atoms with Gasteiger partial charge in [0.2, 0.25) is 11.7 Å². The summed E-state index contributed by atoms with van der Waals surface area (Å²) in [4.78, 5) is 12.8. The molecule has 0 unspecified atom stereocenters. The van der Waals surface area contributed by atoms with Gasteiger partial charge in [0.1, 0.15) is 5.82 Å². The molecule has 1 aliphatic rings. The van der Waals surface area contributed by atoms with Gasteiger partial charge in [-0.25, -0.2) is 4.39 Å². The summed E-state index contributed by atoms with van der Waals surface area (Å²) in [7, 11) is 4.70. The molecular formula is C29H28FNO4. The number of carbonyl (C=O) groups excluding carboxylic acids is 1. The first-order valence-corrected chi connectivity index (χ1v) is 11.3. The minimum atomic E-state index is -0.340. The number of methoxy groups -OCH3 is 3. The number of rotatable bonds is 8. The van der Waals surface area contributed by atoms with E-state index in [0.29, 0.717) is 23.8 Å². The Bertz CT molecular complexity index is 1290. The summed E-state index contributed by atoms with van der Waals surface area (Å²) in [6.45, 7) is 2.40. The van der Waals surface area contributed by atoms with Crippen LogP contribution in [-0.2, 0) is 11.3 Å². The van der Waals surface area contributed by atoms with Crippen LogP contribution in [0.1, 0.15) is 35.6 Å². The van der Waals surface area contributed by atoms with Gasteiger partial charge < -0.3 is 19.5 Å². The van der Waals surface area contributed by atoms with Crippen molar-refractivity contribution >= 4 is 23.1 Å². The molecule has 180 valence electrons. The Balaban J connectivity index is 1.69. The largest absolute Gasteiger partial charge is 0.493 e. The number of halogens is 1. The zero-order valence-electron chi connectivity index (χ0n) is 20.3. The first-order chi connectivity index (χ1) is 16.9. The lowest BCUT2D eigenvalue weighted by Gasteiger charge is -2.13. The van der Waals surface area contributed by atoms with Gasteiger partial charge in [-0.3, -0.25) is 4.79 Å². The van der Waals surface area contributed by atoms with Crippen molar-refractivity contribution in [1.29, 1.82) is 0 Å². The lowest BCUT2D eigenvalue weighted by atomic mass is 10.00. The second-order valence-corrected chi connectivity index (χ2v) is 8.25. The molecule has 0 aromatic heterocycles. The predicted octanol–water partition coefficient (Wildman–Crippen LogP) is 5.89. The molecule has 0 fully saturated rings. The molecule has 0 saturated carbocycles. The van der Waals surface area contributed by atoms with E-state index in [4.69, 9.17) is 14.2 Å². The van der Waals surface area contributed by atoms with Crippen LogP contribution >= 0.6 is 0 Å². The fourth-order valence-corrected chi connectivity index (χ4v) is 4.35. The topological polar surface area (TPSA) is 56.8 Å². The monoisotopic (exact) mass is 473 g/mol. The number of allylic oxidation sites excluding steroid dienone is 2. The van der Waals surface area contributed by atoms with Crippen LogP contribution in [0.5, 0.6) is 17.2 Å². The fourth-order valence-electron chi connectivity index (χ4n) is 4.35. The zero-order valence-corrected chi connectivity index (χ0v) is 20.3. The zero-order chi connectivity index (χ0) is 24.9. The molecular weight excluding hydrogens is 445 g/mol. The predicted molar refractivity (Wildman–Crippen MR) is 136 cm³/mol. The minimum Gasteiger partial charge on any atom is -0.493 e. The molecule has 0 heterocycles. The van der Waals surface area contributed by atoms with E-state index >= 15 is 0 Å². The Morgan fingerprint density at radius 3 is 2.23 bits per heavy atom. The van der Waals surface area contributed by atoms with E-state index in [1.54, 1.807) is 27.4 Å². The first kappa shape index (κ1) is 24.1. The Labute approximate surface area is 204 Å². The van der Waals surface area contributed by atoms with Gasteiger partial charge in [0, 0.05) is 6.54 Å². The highest BCUT2D eigenvalue weighted by Crippen LogP contribution is 2.45. The third-order valence-electron chi connectivity index (χ3n) is 6.12. The van der Waals surface area contributed by atoms with Crippen molar-refractivity contribution in [3.05, 3.63) is 94.3 Å². The maximum atomic E-state index is 14.2. The summed E-state index contributed by atoms with van der Waals surface area (Å²) in [5.41, 5.74) is 6.11. The smallest absolute Gasteiger partial charge is 0.224 e. The summed E-state index contributed by atoms with van der Waals surface area (Å²) < 4.78 is 30.6. The van der Waals surface area contributed by atoms with Crippen LogP contribution in [0.25, 0.3) is 17.2 Å². The van der Waals surface area contributed by atoms with Crippen molar-refractivity contribution < 1.29 is 23.4 Å². The highest BCUT2D eigenvalue weighted by Gasteiger charge is 2.26. The maximum Gasteiger partial charge on any atom is 0.224 e. The summed E-state index contributed by atoms with van der Waals surface area (Å²) in [6.07, 6.45) is 2.15. The molecule has 3 aromatic carbocycles. The third kappa shape index (κ3) is 5.06. The molecule has 35 heavy (non-hydrogen) atoms. The van der Waals surface area contributed by atoms with E-state index in [2.05, 4.69) is 5.32 Å². The van der Waals surface area contributed by atoms with Gasteiger partial charge in [-0.15, -0.1) is 0 Å². The van der Waals surface area contributed by atoms with Crippen LogP contribution in [0.2, 0.25) is 0 Å². The second kappa shape index (κ2) is 10.5. The van der Waals surface area contributed by atoms with E-state index in [-0.39, 0.29) is 18.1 Å². The number of benzene rings is 3. The van der Waals surface area contributed by atoms with Crippen LogP contribution in [0.15, 0.2) is 66.2 Å². The highest BCUT2D eigenvalue weighted by molar-refractivity contribution is 6.08. The molecule has 0 bridgehead atoms. The van der Waals surface area contributed by atoms with Gasteiger partial charge in [-0.1, -0.05) is 36.4 Å². The van der Waals surface area contributed by atoms with Gasteiger partial charge in [0.15, 0.2) is 11.5 Å². The lowest BCUT2D eigenvalue weighted by molar-refractivity contribution is -0.120. The number of amides is 1. The molecule has 1 N–H and O–H groups in total. The van der Waals surface area contributed by atoms with Crippen LogP contribution in [0.4, 0.5) is 4.39 Å². The standard InChI is InChI=1S/C29H28FNO4/c1-18-23(12-20-13-26(33-2)29(35-4)27(14-20)34-3)22-11-10-21(30)15-25(22)24(18)16-28(32)31-17-19-8-6-5-7-9-19/h5-15H,16-17H2,1-4H3,(H,31,32)/b23-12-. The molecule has 1 amide bonds. The molecule has 0 atom stereocenters. The minimum absolute atomic E-state index is 0.118. The summed E-state index contributed by atoms with van der Waals surface area (Å²) in [6, 6.07) is 18.1. The molecule has 0 saturated heterocycles. The first-order valence-electron chi connectivity index (χ1n) is 11.3. The Morgan fingerprint density at radius 2 is 1.60 bits per heavy atom. The van der Waals surface area contributed by atoms with Gasteiger partial charge >= 0.3 is 0 Å². The van der Waals surface area contributed by atoms with E-state index in [9.17, 15) is 9.18 Å². The van der Waals surface area contributed by atoms with E-state index in [1.165, 1.54) is 12.1 Å². The van der Waals surface area contributed by atoms with Gasteiger partial charge in [-0.2, -0.15) is 0 Å². The highest BCUT2D eigenvalue weighted by atomic mass is 19.1. The van der Waals surface area contributed by atoms with Crippen molar-refractivity contribution in [3.63, 3.8) is 0 Å². The number of hydrogen-bond donors (Lipinski definition) is 1. The number of carbonyl (C=O) groups is 1. The van der Waals surface area contributed by atoms with E-state index in [1.807, 2.05) is 55.5 Å². The Kier molecular flexibility index (Phi) is 7.20. The summed E-state index contributed by atoms with van der Waals surface area (Å²) in [5, 5.41) is 2.97.